The molecule has 0 saturated heterocycles. The Morgan fingerprint density at radius 1 is 1.08 bits per heavy atom. The van der Waals surface area contributed by atoms with Gasteiger partial charge in [-0.1, -0.05) is 41.9 Å². The number of carbonyl (C=O) groups is 2. The Kier molecular flexibility index (Phi) is 6.05. The maximum atomic E-state index is 13.3. The summed E-state index contributed by atoms with van der Waals surface area (Å²) in [7, 11) is 1.17. The number of anilines is 1. The van der Waals surface area contributed by atoms with E-state index >= 15 is 0 Å². The number of esters is 1. The van der Waals surface area contributed by atoms with Gasteiger partial charge in [-0.15, -0.1) is 0 Å². The van der Waals surface area contributed by atoms with Gasteiger partial charge in [-0.25, -0.2) is 4.79 Å². The second-order valence-corrected chi connectivity index (χ2v) is 5.50. The highest BCUT2D eigenvalue weighted by Crippen LogP contribution is 2.34. The molecular weight excluding hydrogens is 371 g/mol. The number of hydrogen-bond donors (Lipinski definition) is 1. The van der Waals surface area contributed by atoms with Crippen LogP contribution < -0.4 is 5.32 Å². The predicted molar refractivity (Wildman–Crippen MR) is 91.9 cm³/mol. The third kappa shape index (κ3) is 4.86. The molecule has 0 heterocycles. The van der Waals surface area contributed by atoms with Crippen molar-refractivity contribution in [1.29, 1.82) is 0 Å². The Morgan fingerprint density at radius 2 is 1.73 bits per heavy atom. The zero-order valence-corrected chi connectivity index (χ0v) is 14.2. The summed E-state index contributed by atoms with van der Waals surface area (Å²) in [6.45, 7) is 0. The van der Waals surface area contributed by atoms with E-state index in [1.165, 1.54) is 49.6 Å². The molecule has 0 spiro atoms. The fourth-order valence-corrected chi connectivity index (χ4v) is 2.28. The molecule has 2 aromatic rings. The van der Waals surface area contributed by atoms with Crippen LogP contribution in [0.1, 0.15) is 15.9 Å². The average molecular weight is 384 g/mol. The Bertz CT molecular complexity index is 849. The smallest absolute Gasteiger partial charge is 0.417 e. The second-order valence-electron chi connectivity index (χ2n) is 5.10. The first-order chi connectivity index (χ1) is 12.2. The fraction of sp³-hybridized carbons (Fsp3) is 0.111. The van der Waals surface area contributed by atoms with Crippen molar-refractivity contribution >= 4 is 34.7 Å². The lowest BCUT2D eigenvalue weighted by molar-refractivity contribution is -0.112. The largest absolute Gasteiger partial charge is 0.465 e. The number of carbonyl (C=O) groups excluding carboxylic acids is 2. The zero-order chi connectivity index (χ0) is 19.3. The summed E-state index contributed by atoms with van der Waals surface area (Å²) in [6.07, 6.45) is -4.28. The first kappa shape index (κ1) is 19.5. The van der Waals surface area contributed by atoms with Gasteiger partial charge < -0.3 is 10.1 Å². The Hall–Kier alpha value is -2.80. The molecule has 0 unspecified atom stereocenters. The molecule has 2 aromatic carbocycles. The minimum atomic E-state index is -4.73. The molecule has 1 amide bonds. The summed E-state index contributed by atoms with van der Waals surface area (Å²) in [5.74, 6) is -1.71. The number of hydrogen-bond acceptors (Lipinski definition) is 3. The van der Waals surface area contributed by atoms with E-state index in [1.807, 2.05) is 0 Å². The van der Waals surface area contributed by atoms with Gasteiger partial charge in [0.1, 0.15) is 0 Å². The molecule has 0 radical (unpaired) electrons. The summed E-state index contributed by atoms with van der Waals surface area (Å²) in [5, 5.41) is 2.31. The SMILES string of the molecule is COC(=O)c1ccc(Cl)c(NC(=O)/C=C(/c2ccccc2)C(F)(F)F)c1. The van der Waals surface area contributed by atoms with Crippen molar-refractivity contribution in [2.45, 2.75) is 6.18 Å². The van der Waals surface area contributed by atoms with Gasteiger partial charge in [0.25, 0.3) is 0 Å². The van der Waals surface area contributed by atoms with Crippen LogP contribution in [0.25, 0.3) is 5.57 Å². The number of rotatable bonds is 4. The first-order valence-electron chi connectivity index (χ1n) is 7.25. The summed E-state index contributed by atoms with van der Waals surface area (Å²) < 4.78 is 44.3. The van der Waals surface area contributed by atoms with E-state index < -0.39 is 23.6 Å². The average Bonchev–Trinajstić information content (AvgIpc) is 2.60. The number of allylic oxidation sites excluding steroid dienone is 1. The normalized spacial score (nSPS) is 11.8. The topological polar surface area (TPSA) is 55.4 Å². The van der Waals surface area contributed by atoms with Gasteiger partial charge in [0.05, 0.1) is 29.0 Å². The van der Waals surface area contributed by atoms with Crippen molar-refractivity contribution in [2.75, 3.05) is 12.4 Å². The first-order valence-corrected chi connectivity index (χ1v) is 7.63. The van der Waals surface area contributed by atoms with Gasteiger partial charge in [0.2, 0.25) is 5.91 Å². The van der Waals surface area contributed by atoms with E-state index in [0.29, 0.717) is 6.08 Å². The van der Waals surface area contributed by atoms with Crippen LogP contribution in [0.5, 0.6) is 0 Å². The van der Waals surface area contributed by atoms with Gasteiger partial charge in [-0.3, -0.25) is 4.79 Å². The van der Waals surface area contributed by atoms with Crippen molar-refractivity contribution < 1.29 is 27.5 Å². The van der Waals surface area contributed by atoms with Crippen molar-refractivity contribution in [1.82, 2.24) is 0 Å². The number of nitrogens with one attached hydrogen (secondary N) is 1. The number of ether oxygens (including phenoxy) is 1. The maximum absolute atomic E-state index is 13.3. The third-order valence-electron chi connectivity index (χ3n) is 3.31. The molecular formula is C18H13ClF3NO3. The lowest BCUT2D eigenvalue weighted by Crippen LogP contribution is -2.16. The molecule has 0 bridgehead atoms. The Labute approximate surface area is 152 Å². The molecule has 0 aromatic heterocycles. The molecule has 8 heteroatoms. The molecule has 0 aliphatic heterocycles. The summed E-state index contributed by atoms with van der Waals surface area (Å²) >= 11 is 5.92. The number of methoxy groups -OCH3 is 1. The molecule has 0 fully saturated rings. The molecule has 0 aliphatic rings. The van der Waals surface area contributed by atoms with E-state index in [2.05, 4.69) is 10.1 Å². The molecule has 0 saturated carbocycles. The molecule has 4 nitrogen and oxygen atoms in total. The predicted octanol–water partition coefficient (Wildman–Crippen LogP) is 4.71. The van der Waals surface area contributed by atoms with Crippen LogP contribution in [0.15, 0.2) is 54.6 Å². The molecule has 2 rings (SSSR count). The van der Waals surface area contributed by atoms with Crippen molar-refractivity contribution in [2.24, 2.45) is 0 Å². The van der Waals surface area contributed by atoms with E-state index in [9.17, 15) is 22.8 Å². The summed E-state index contributed by atoms with van der Waals surface area (Å²) in [4.78, 5) is 23.6. The van der Waals surface area contributed by atoms with Crippen LogP contribution in [0.3, 0.4) is 0 Å². The van der Waals surface area contributed by atoms with E-state index in [4.69, 9.17) is 11.6 Å². The Balaban J connectivity index is 2.33. The number of amides is 1. The molecule has 26 heavy (non-hydrogen) atoms. The van der Waals surface area contributed by atoms with Crippen LogP contribution >= 0.6 is 11.6 Å². The van der Waals surface area contributed by atoms with Crippen molar-refractivity contribution in [3.8, 4) is 0 Å². The van der Waals surface area contributed by atoms with Crippen LogP contribution in [-0.2, 0) is 9.53 Å². The van der Waals surface area contributed by atoms with Gasteiger partial charge in [0, 0.05) is 6.08 Å². The standard InChI is InChI=1S/C18H13ClF3NO3/c1-26-17(25)12-7-8-14(19)15(9-12)23-16(24)10-13(18(20,21)22)11-5-3-2-4-6-11/h2-10H,1H3,(H,23,24)/b13-10-. The highest BCUT2D eigenvalue weighted by molar-refractivity contribution is 6.34. The number of alkyl halides is 3. The Morgan fingerprint density at radius 3 is 2.31 bits per heavy atom. The van der Waals surface area contributed by atoms with Gasteiger partial charge >= 0.3 is 12.1 Å². The molecule has 0 aliphatic carbocycles. The fourth-order valence-electron chi connectivity index (χ4n) is 2.11. The van der Waals surface area contributed by atoms with Crippen LogP contribution in [0.2, 0.25) is 5.02 Å². The van der Waals surface area contributed by atoms with Gasteiger partial charge in [-0.2, -0.15) is 13.2 Å². The zero-order valence-electron chi connectivity index (χ0n) is 13.4. The van der Waals surface area contributed by atoms with Crippen molar-refractivity contribution in [3.63, 3.8) is 0 Å². The van der Waals surface area contributed by atoms with E-state index in [0.717, 1.165) is 0 Å². The lowest BCUT2D eigenvalue weighted by Gasteiger charge is -2.12. The number of benzene rings is 2. The maximum Gasteiger partial charge on any atom is 0.417 e. The highest BCUT2D eigenvalue weighted by Gasteiger charge is 2.35. The molecule has 1 N–H and O–H groups in total. The summed E-state index contributed by atoms with van der Waals surface area (Å²) in [5.41, 5.74) is -1.17. The van der Waals surface area contributed by atoms with E-state index in [-0.39, 0.29) is 21.8 Å². The summed E-state index contributed by atoms with van der Waals surface area (Å²) in [6, 6.07) is 10.8. The third-order valence-corrected chi connectivity index (χ3v) is 3.64. The van der Waals surface area contributed by atoms with Crippen LogP contribution in [0.4, 0.5) is 18.9 Å². The van der Waals surface area contributed by atoms with Crippen LogP contribution in [0, 0.1) is 0 Å². The quantitative estimate of drug-likeness (QED) is 0.614. The minimum absolute atomic E-state index is 0.00889. The minimum Gasteiger partial charge on any atom is -0.465 e. The monoisotopic (exact) mass is 383 g/mol. The van der Waals surface area contributed by atoms with Gasteiger partial charge in [-0.05, 0) is 23.8 Å². The molecule has 136 valence electrons. The van der Waals surface area contributed by atoms with Gasteiger partial charge in [0.15, 0.2) is 0 Å². The van der Waals surface area contributed by atoms with E-state index in [1.54, 1.807) is 6.07 Å². The highest BCUT2D eigenvalue weighted by atomic mass is 35.5. The van der Waals surface area contributed by atoms with Crippen molar-refractivity contribution in [3.05, 3.63) is 70.8 Å². The van der Waals surface area contributed by atoms with Crippen LogP contribution in [-0.4, -0.2) is 25.2 Å². The lowest BCUT2D eigenvalue weighted by atomic mass is 10.1. The second kappa shape index (κ2) is 8.05. The molecule has 0 atom stereocenters. The number of halogens is 4.